The summed E-state index contributed by atoms with van der Waals surface area (Å²) >= 11 is 0. The molecule has 0 radical (unpaired) electrons. The van der Waals surface area contributed by atoms with Crippen LogP contribution in [-0.4, -0.2) is 54.9 Å². The van der Waals surface area contributed by atoms with Crippen molar-refractivity contribution in [2.24, 2.45) is 5.41 Å². The van der Waals surface area contributed by atoms with E-state index in [1.54, 1.807) is 17.0 Å². The van der Waals surface area contributed by atoms with Gasteiger partial charge in [-0.05, 0) is 38.8 Å². The number of methoxy groups -OCH3 is 1. The number of likely N-dealkylation sites (tertiary alicyclic amines) is 2. The average molecular weight is 372 g/mol. The van der Waals surface area contributed by atoms with Crippen molar-refractivity contribution >= 4 is 11.8 Å². The van der Waals surface area contributed by atoms with Crippen LogP contribution in [0.3, 0.4) is 0 Å². The molecule has 2 amide bonds. The predicted octanol–water partition coefficient (Wildman–Crippen LogP) is 2.88. The second-order valence-electron chi connectivity index (χ2n) is 7.60. The van der Waals surface area contributed by atoms with E-state index in [2.05, 4.69) is 0 Å². The number of carbonyl (C=O) groups excluding carboxylic acids is 2. The summed E-state index contributed by atoms with van der Waals surface area (Å²) in [5, 5.41) is 0. The first kappa shape index (κ1) is 17.7. The first-order valence-corrected chi connectivity index (χ1v) is 9.20. The van der Waals surface area contributed by atoms with Gasteiger partial charge < -0.3 is 23.4 Å². The Balaban J connectivity index is 1.33. The summed E-state index contributed by atoms with van der Waals surface area (Å²) in [6.07, 6.45) is 1.81. The van der Waals surface area contributed by atoms with Crippen LogP contribution in [-0.2, 0) is 0 Å². The summed E-state index contributed by atoms with van der Waals surface area (Å²) in [5.41, 5.74) is 0.769. The molecule has 2 aromatic rings. The molecule has 0 aliphatic carbocycles. The van der Waals surface area contributed by atoms with Gasteiger partial charge in [0.25, 0.3) is 17.8 Å². The molecular weight excluding hydrogens is 348 g/mol. The molecule has 0 unspecified atom stereocenters. The minimum Gasteiger partial charge on any atom is -0.468 e. The molecule has 4 heterocycles. The summed E-state index contributed by atoms with van der Waals surface area (Å²) in [4.78, 5) is 28.9. The monoisotopic (exact) mass is 372 g/mol. The number of ether oxygens (including phenoxy) is 1. The fraction of sp³-hybridized carbons (Fsp3) is 0.500. The molecule has 0 aromatic carbocycles. The van der Waals surface area contributed by atoms with Crippen molar-refractivity contribution < 1.29 is 23.2 Å². The highest BCUT2D eigenvalue weighted by Crippen LogP contribution is 2.41. The number of nitrogens with zero attached hydrogens (tertiary/aromatic N) is 2. The van der Waals surface area contributed by atoms with E-state index in [-0.39, 0.29) is 17.2 Å². The van der Waals surface area contributed by atoms with Gasteiger partial charge in [0.15, 0.2) is 5.76 Å². The van der Waals surface area contributed by atoms with E-state index in [1.165, 1.54) is 7.11 Å². The van der Waals surface area contributed by atoms with Gasteiger partial charge in [0.2, 0.25) is 0 Å². The molecule has 2 fully saturated rings. The van der Waals surface area contributed by atoms with Crippen molar-refractivity contribution in [3.63, 3.8) is 0 Å². The van der Waals surface area contributed by atoms with Crippen LogP contribution in [0.5, 0.6) is 5.95 Å². The fourth-order valence-electron chi connectivity index (χ4n) is 4.12. The van der Waals surface area contributed by atoms with Crippen LogP contribution in [0.4, 0.5) is 0 Å². The van der Waals surface area contributed by atoms with Gasteiger partial charge in [-0.1, -0.05) is 0 Å². The Morgan fingerprint density at radius 2 is 1.74 bits per heavy atom. The quantitative estimate of drug-likeness (QED) is 0.828. The van der Waals surface area contributed by atoms with E-state index in [1.807, 2.05) is 24.8 Å². The van der Waals surface area contributed by atoms with Crippen molar-refractivity contribution in [2.45, 2.75) is 26.7 Å². The lowest BCUT2D eigenvalue weighted by Gasteiger charge is -2.53. The molecule has 4 rings (SSSR count). The van der Waals surface area contributed by atoms with Crippen molar-refractivity contribution in [3.05, 3.63) is 41.0 Å². The molecule has 0 atom stereocenters. The number of rotatable bonds is 3. The lowest BCUT2D eigenvalue weighted by Crippen LogP contribution is -2.62. The minimum atomic E-state index is -0.105. The number of carbonyl (C=O) groups is 2. The molecule has 7 heteroatoms. The summed E-state index contributed by atoms with van der Waals surface area (Å²) < 4.78 is 15.8. The maximum Gasteiger partial charge on any atom is 0.289 e. The number of aryl methyl sites for hydroxylation is 2. The van der Waals surface area contributed by atoms with E-state index in [0.29, 0.717) is 49.2 Å². The fourth-order valence-corrected chi connectivity index (χ4v) is 4.12. The molecule has 144 valence electrons. The van der Waals surface area contributed by atoms with Crippen molar-refractivity contribution in [3.8, 4) is 5.95 Å². The van der Waals surface area contributed by atoms with E-state index < -0.39 is 0 Å². The molecule has 2 aromatic heterocycles. The van der Waals surface area contributed by atoms with Gasteiger partial charge in [-0.3, -0.25) is 9.59 Å². The van der Waals surface area contributed by atoms with Gasteiger partial charge >= 0.3 is 0 Å². The van der Waals surface area contributed by atoms with Crippen LogP contribution in [0.1, 0.15) is 45.3 Å². The zero-order valence-electron chi connectivity index (χ0n) is 15.9. The third-order valence-corrected chi connectivity index (χ3v) is 5.72. The van der Waals surface area contributed by atoms with Crippen LogP contribution < -0.4 is 4.74 Å². The van der Waals surface area contributed by atoms with E-state index in [0.717, 1.165) is 18.6 Å². The number of amides is 2. The Hall–Kier alpha value is -2.70. The molecule has 27 heavy (non-hydrogen) atoms. The molecular formula is C20H24N2O5. The smallest absolute Gasteiger partial charge is 0.289 e. The lowest BCUT2D eigenvalue weighted by molar-refractivity contribution is -0.0303. The SMILES string of the molecule is COc1ccc(C(=O)N2CC3(CCN(C(=O)c4cc(C)oc4C)CC3)C2)o1. The number of hydrogen-bond acceptors (Lipinski definition) is 5. The Labute approximate surface area is 157 Å². The van der Waals surface area contributed by atoms with Gasteiger partial charge in [-0.25, -0.2) is 0 Å². The number of piperidine rings is 1. The summed E-state index contributed by atoms with van der Waals surface area (Å²) in [7, 11) is 1.51. The van der Waals surface area contributed by atoms with E-state index in [4.69, 9.17) is 13.6 Å². The van der Waals surface area contributed by atoms with E-state index >= 15 is 0 Å². The van der Waals surface area contributed by atoms with Crippen molar-refractivity contribution in [2.75, 3.05) is 33.3 Å². The third-order valence-electron chi connectivity index (χ3n) is 5.72. The molecule has 0 saturated carbocycles. The Kier molecular flexibility index (Phi) is 4.25. The zero-order valence-corrected chi connectivity index (χ0v) is 15.9. The molecule has 2 aliphatic rings. The highest BCUT2D eigenvalue weighted by Gasteiger charge is 2.48. The normalized spacial score (nSPS) is 18.5. The van der Waals surface area contributed by atoms with Crippen molar-refractivity contribution in [1.82, 2.24) is 9.80 Å². The summed E-state index contributed by atoms with van der Waals surface area (Å²) in [6, 6.07) is 5.10. The van der Waals surface area contributed by atoms with Gasteiger partial charge in [0, 0.05) is 37.7 Å². The maximum absolute atomic E-state index is 12.7. The third kappa shape index (κ3) is 3.11. The number of furan rings is 2. The van der Waals surface area contributed by atoms with Gasteiger partial charge in [0.05, 0.1) is 12.7 Å². The minimum absolute atomic E-state index is 0.0362. The van der Waals surface area contributed by atoms with Crippen LogP contribution in [0.15, 0.2) is 27.0 Å². The van der Waals surface area contributed by atoms with Crippen molar-refractivity contribution in [1.29, 1.82) is 0 Å². The second kappa shape index (κ2) is 6.48. The first-order chi connectivity index (χ1) is 12.9. The molecule has 2 saturated heterocycles. The standard InChI is InChI=1S/C20H24N2O5/c1-13-10-15(14(2)26-13)18(23)21-8-6-20(7-9-21)11-22(12-20)19(24)16-4-5-17(25-3)27-16/h4-5,10H,6-9,11-12H2,1-3H3. The summed E-state index contributed by atoms with van der Waals surface area (Å²) in [5.74, 6) is 2.01. The van der Waals surface area contributed by atoms with Crippen LogP contribution in [0, 0.1) is 19.3 Å². The van der Waals surface area contributed by atoms with Crippen LogP contribution >= 0.6 is 0 Å². The molecule has 1 spiro atoms. The molecule has 0 N–H and O–H groups in total. The van der Waals surface area contributed by atoms with E-state index in [9.17, 15) is 9.59 Å². The summed E-state index contributed by atoms with van der Waals surface area (Å²) in [6.45, 7) is 6.51. The highest BCUT2D eigenvalue weighted by molar-refractivity contribution is 5.95. The Bertz CT molecular complexity index is 865. The second-order valence-corrected chi connectivity index (χ2v) is 7.60. The molecule has 2 aliphatic heterocycles. The highest BCUT2D eigenvalue weighted by atomic mass is 16.6. The topological polar surface area (TPSA) is 76.1 Å². The van der Waals surface area contributed by atoms with Crippen LogP contribution in [0.2, 0.25) is 0 Å². The zero-order chi connectivity index (χ0) is 19.2. The van der Waals surface area contributed by atoms with Crippen LogP contribution in [0.25, 0.3) is 0 Å². The lowest BCUT2D eigenvalue weighted by atomic mass is 9.72. The molecule has 7 nitrogen and oxygen atoms in total. The van der Waals surface area contributed by atoms with Gasteiger partial charge in [-0.2, -0.15) is 0 Å². The first-order valence-electron chi connectivity index (χ1n) is 9.20. The molecule has 0 bridgehead atoms. The Morgan fingerprint density at radius 1 is 1.04 bits per heavy atom. The predicted molar refractivity (Wildman–Crippen MR) is 96.9 cm³/mol. The van der Waals surface area contributed by atoms with Gasteiger partial charge in [0.1, 0.15) is 11.5 Å². The maximum atomic E-state index is 12.7. The van der Waals surface area contributed by atoms with Gasteiger partial charge in [-0.15, -0.1) is 0 Å². The number of hydrogen-bond donors (Lipinski definition) is 0. The average Bonchev–Trinajstić information content (AvgIpc) is 3.24. The largest absolute Gasteiger partial charge is 0.468 e. The Morgan fingerprint density at radius 3 is 2.30 bits per heavy atom.